The van der Waals surface area contributed by atoms with Crippen molar-refractivity contribution in [1.29, 1.82) is 0 Å². The van der Waals surface area contributed by atoms with Crippen molar-refractivity contribution in [3.63, 3.8) is 0 Å². The molecule has 0 bridgehead atoms. The highest BCUT2D eigenvalue weighted by atomic mass is 28.4. The Morgan fingerprint density at radius 3 is 2.33 bits per heavy atom. The number of rotatable bonds is 3. The van der Waals surface area contributed by atoms with Crippen LogP contribution in [0.1, 0.15) is 0 Å². The Kier molecular flexibility index (Phi) is 3.74. The summed E-state index contributed by atoms with van der Waals surface area (Å²) >= 11 is 0. The second-order valence-corrected chi connectivity index (χ2v) is 7.55. The minimum absolute atomic E-state index is 0.151. The molecule has 70 valence electrons. The lowest BCUT2D eigenvalue weighted by molar-refractivity contribution is -0.699. The molecule has 0 N–H and O–H groups in total. The van der Waals surface area contributed by atoms with Gasteiger partial charge in [-0.1, -0.05) is 19.6 Å². The van der Waals surface area contributed by atoms with Gasteiger partial charge in [0, 0.05) is 4.90 Å². The topological polar surface area (TPSA) is 61.6 Å². The second kappa shape index (κ2) is 4.10. The molecule has 0 aliphatic heterocycles. The molecule has 0 aromatic rings. The van der Waals surface area contributed by atoms with Crippen LogP contribution in [0.4, 0.5) is 0 Å². The van der Waals surface area contributed by atoms with E-state index in [0.717, 1.165) is 6.21 Å². The molecule has 0 unspecified atom stereocenters. The summed E-state index contributed by atoms with van der Waals surface area (Å²) in [6.45, 7) is 5.51. The van der Waals surface area contributed by atoms with Crippen molar-refractivity contribution < 1.29 is 19.0 Å². The van der Waals surface area contributed by atoms with Crippen LogP contribution in [0.5, 0.6) is 0 Å². The predicted molar refractivity (Wildman–Crippen MR) is 46.1 cm³/mol. The number of nitrogens with zero attached hydrogens (tertiary/aromatic N) is 1. The maximum atomic E-state index is 10.8. The Morgan fingerprint density at radius 2 is 2.00 bits per heavy atom. The van der Waals surface area contributed by atoms with E-state index in [1.165, 1.54) is 7.11 Å². The van der Waals surface area contributed by atoms with Gasteiger partial charge in [0.1, 0.15) is 0 Å². The fourth-order valence-electron chi connectivity index (χ4n) is 0.435. The van der Waals surface area contributed by atoms with E-state index in [-0.39, 0.29) is 4.90 Å². The second-order valence-electron chi connectivity index (χ2n) is 3.14. The van der Waals surface area contributed by atoms with Gasteiger partial charge in [0.25, 0.3) is 0 Å². The normalized spacial score (nSPS) is 12.5. The summed E-state index contributed by atoms with van der Waals surface area (Å²) in [4.78, 5) is 10.7. The van der Waals surface area contributed by atoms with Gasteiger partial charge in [-0.25, -0.2) is 4.79 Å². The highest BCUT2D eigenvalue weighted by Gasteiger charge is 2.15. The molecule has 0 aromatic heterocycles. The third-order valence-corrected chi connectivity index (χ3v) is 1.50. The molecule has 0 amide bonds. The first kappa shape index (κ1) is 11.0. The van der Waals surface area contributed by atoms with Crippen LogP contribution in [0, 0.1) is 5.21 Å². The van der Waals surface area contributed by atoms with Crippen LogP contribution in [0.3, 0.4) is 0 Å². The number of carbonyl (C=O) groups is 1. The van der Waals surface area contributed by atoms with Gasteiger partial charge < -0.3 is 9.26 Å². The average molecular weight is 191 g/mol. The minimum atomic E-state index is -1.93. The number of hydrogen-bond acceptors (Lipinski definition) is 4. The molecule has 0 saturated carbocycles. The Balaban J connectivity index is 4.12. The van der Waals surface area contributed by atoms with Crippen LogP contribution in [-0.2, 0) is 14.1 Å². The SMILES string of the molecule is COC(=O)/C=[N+](/[O-])O[Si](C)(C)C. The molecule has 0 radical (unpaired) electrons. The van der Waals surface area contributed by atoms with Gasteiger partial charge in [-0.05, 0) is 0 Å². The van der Waals surface area contributed by atoms with Crippen molar-refractivity contribution in [2.75, 3.05) is 7.11 Å². The summed E-state index contributed by atoms with van der Waals surface area (Å²) in [6.07, 6.45) is 0.720. The first-order valence-corrected chi connectivity index (χ1v) is 6.84. The summed E-state index contributed by atoms with van der Waals surface area (Å²) in [7, 11) is -0.730. The zero-order valence-corrected chi connectivity index (χ0v) is 8.66. The van der Waals surface area contributed by atoms with Crippen molar-refractivity contribution in [1.82, 2.24) is 0 Å². The summed E-state index contributed by atoms with van der Waals surface area (Å²) in [5, 5.41) is 10.8. The van der Waals surface area contributed by atoms with Gasteiger partial charge in [0.15, 0.2) is 8.32 Å². The zero-order valence-electron chi connectivity index (χ0n) is 7.66. The number of methoxy groups -OCH3 is 1. The fraction of sp³-hybridized carbons (Fsp3) is 0.667. The average Bonchev–Trinajstić information content (AvgIpc) is 1.82. The number of hydrogen-bond donors (Lipinski definition) is 0. The molecule has 5 nitrogen and oxygen atoms in total. The lowest BCUT2D eigenvalue weighted by Gasteiger charge is -2.18. The van der Waals surface area contributed by atoms with Gasteiger partial charge in [-0.15, -0.1) is 0 Å². The minimum Gasteiger partial charge on any atom is -0.461 e. The summed E-state index contributed by atoms with van der Waals surface area (Å²) in [5.41, 5.74) is 0. The summed E-state index contributed by atoms with van der Waals surface area (Å²) in [5.74, 6) is -0.719. The van der Waals surface area contributed by atoms with Crippen molar-refractivity contribution in [3.05, 3.63) is 5.21 Å². The lowest BCUT2D eigenvalue weighted by Crippen LogP contribution is -2.31. The standard InChI is InChI=1S/C6H13NO4Si/c1-10-6(8)5-7(9)11-12(2,3)4/h5H,1-4H3/b7-5-. The fourth-order valence-corrected chi connectivity index (χ4v) is 1.03. The van der Waals surface area contributed by atoms with Gasteiger partial charge in [0.2, 0.25) is 0 Å². The third-order valence-electron chi connectivity index (χ3n) is 0.776. The van der Waals surface area contributed by atoms with E-state index in [9.17, 15) is 10.0 Å². The molecule has 6 heteroatoms. The van der Waals surface area contributed by atoms with Crippen molar-refractivity contribution >= 4 is 20.5 Å². The first-order valence-electron chi connectivity index (χ1n) is 3.43. The van der Waals surface area contributed by atoms with Crippen LogP contribution in [0.2, 0.25) is 19.6 Å². The van der Waals surface area contributed by atoms with E-state index >= 15 is 0 Å². The van der Waals surface area contributed by atoms with Crippen LogP contribution in [0.25, 0.3) is 0 Å². The van der Waals surface area contributed by atoms with E-state index in [1.54, 1.807) is 0 Å². The molecule has 0 heterocycles. The maximum absolute atomic E-state index is 10.8. The Labute approximate surface area is 72.3 Å². The molecule has 0 aliphatic carbocycles. The zero-order chi connectivity index (χ0) is 9.78. The number of ether oxygens (including phenoxy) is 1. The molecule has 0 saturated heterocycles. The largest absolute Gasteiger partial charge is 0.461 e. The van der Waals surface area contributed by atoms with E-state index in [1.807, 2.05) is 19.6 Å². The van der Waals surface area contributed by atoms with E-state index in [2.05, 4.69) is 4.74 Å². The molecule has 0 aliphatic rings. The maximum Gasteiger partial charge on any atom is 0.401 e. The molecule has 12 heavy (non-hydrogen) atoms. The van der Waals surface area contributed by atoms with Crippen LogP contribution in [-0.4, -0.2) is 32.5 Å². The third kappa shape index (κ3) is 5.72. The van der Waals surface area contributed by atoms with E-state index < -0.39 is 14.3 Å². The molecule has 0 fully saturated rings. The molecular weight excluding hydrogens is 178 g/mol. The molecule has 0 rings (SSSR count). The quantitative estimate of drug-likeness (QED) is 0.214. The Morgan fingerprint density at radius 1 is 1.50 bits per heavy atom. The highest BCUT2D eigenvalue weighted by molar-refractivity contribution is 6.69. The van der Waals surface area contributed by atoms with Crippen molar-refractivity contribution in [2.45, 2.75) is 19.6 Å². The van der Waals surface area contributed by atoms with E-state index in [0.29, 0.717) is 0 Å². The van der Waals surface area contributed by atoms with Crippen LogP contribution in [0.15, 0.2) is 0 Å². The molecule has 0 atom stereocenters. The van der Waals surface area contributed by atoms with Crippen molar-refractivity contribution in [2.24, 2.45) is 0 Å². The van der Waals surface area contributed by atoms with Gasteiger partial charge in [-0.3, -0.25) is 5.21 Å². The van der Waals surface area contributed by atoms with Gasteiger partial charge in [-0.2, -0.15) is 0 Å². The first-order chi connectivity index (χ1) is 5.35. The number of esters is 1. The Hall–Kier alpha value is -1.04. The smallest absolute Gasteiger partial charge is 0.401 e. The van der Waals surface area contributed by atoms with Crippen molar-refractivity contribution in [3.8, 4) is 0 Å². The van der Waals surface area contributed by atoms with Crippen LogP contribution < -0.4 is 0 Å². The van der Waals surface area contributed by atoms with Crippen LogP contribution >= 0.6 is 0 Å². The monoisotopic (exact) mass is 191 g/mol. The molecule has 0 aromatic carbocycles. The highest BCUT2D eigenvalue weighted by Crippen LogP contribution is 2.01. The molecular formula is C6H13NO4Si. The number of carbonyl (C=O) groups excluding carboxylic acids is 1. The van der Waals surface area contributed by atoms with Gasteiger partial charge >= 0.3 is 12.2 Å². The van der Waals surface area contributed by atoms with E-state index in [4.69, 9.17) is 4.53 Å². The predicted octanol–water partition coefficient (Wildman–Crippen LogP) is 0.507. The summed E-state index contributed by atoms with van der Waals surface area (Å²) < 4.78 is 9.11. The molecule has 0 spiro atoms. The lowest BCUT2D eigenvalue weighted by atomic mass is 10.8. The summed E-state index contributed by atoms with van der Waals surface area (Å²) in [6, 6.07) is 0. The van der Waals surface area contributed by atoms with Gasteiger partial charge in [0.05, 0.1) is 7.11 Å². The Bertz CT molecular complexity index is 196.